The number of piperidine rings is 1. The SMILES string of the molecule is CCc1cc(N2CC[C@@H]3CC(=O)N(C)[C@@H]3C2)nc(N2CCOCC2)n1. The summed E-state index contributed by atoms with van der Waals surface area (Å²) in [5.74, 6) is 2.60. The van der Waals surface area contributed by atoms with Gasteiger partial charge < -0.3 is 19.4 Å². The number of nitrogens with zero attached hydrogens (tertiary/aromatic N) is 5. The fourth-order valence-electron chi connectivity index (χ4n) is 4.14. The summed E-state index contributed by atoms with van der Waals surface area (Å²) >= 11 is 0. The molecule has 0 bridgehead atoms. The molecule has 7 nitrogen and oxygen atoms in total. The summed E-state index contributed by atoms with van der Waals surface area (Å²) in [4.78, 5) is 28.1. The number of likely N-dealkylation sites (N-methyl/N-ethyl adjacent to an activating group) is 1. The second kappa shape index (κ2) is 6.78. The predicted octanol–water partition coefficient (Wildman–Crippen LogP) is 0.933. The number of carbonyl (C=O) groups is 1. The lowest BCUT2D eigenvalue weighted by Gasteiger charge is -2.38. The van der Waals surface area contributed by atoms with Gasteiger partial charge in [-0.1, -0.05) is 6.92 Å². The maximum atomic E-state index is 12.0. The normalized spacial score (nSPS) is 27.0. The molecule has 2 atom stereocenters. The molecule has 4 heterocycles. The molecule has 4 rings (SSSR count). The lowest BCUT2D eigenvalue weighted by Crippen LogP contribution is -2.48. The molecule has 3 fully saturated rings. The molecular weight excluding hydrogens is 318 g/mol. The Morgan fingerprint density at radius 1 is 1.20 bits per heavy atom. The first-order valence-corrected chi connectivity index (χ1v) is 9.37. The van der Waals surface area contributed by atoms with Crippen LogP contribution in [0.1, 0.15) is 25.5 Å². The Bertz CT molecular complexity index is 646. The molecular formula is C18H27N5O2. The number of hydrogen-bond donors (Lipinski definition) is 0. The van der Waals surface area contributed by atoms with Crippen molar-refractivity contribution in [3.05, 3.63) is 11.8 Å². The van der Waals surface area contributed by atoms with Crippen LogP contribution in [0.25, 0.3) is 0 Å². The molecule has 1 aromatic heterocycles. The van der Waals surface area contributed by atoms with E-state index < -0.39 is 0 Å². The zero-order valence-electron chi connectivity index (χ0n) is 15.1. The van der Waals surface area contributed by atoms with E-state index in [2.05, 4.69) is 22.8 Å². The largest absolute Gasteiger partial charge is 0.378 e. The smallest absolute Gasteiger partial charge is 0.227 e. The second-order valence-electron chi connectivity index (χ2n) is 7.24. The third-order valence-corrected chi connectivity index (χ3v) is 5.78. The fraction of sp³-hybridized carbons (Fsp3) is 0.722. The minimum atomic E-state index is 0.280. The van der Waals surface area contributed by atoms with Crippen molar-refractivity contribution in [2.45, 2.75) is 32.2 Å². The molecule has 7 heteroatoms. The van der Waals surface area contributed by atoms with Gasteiger partial charge in [0.15, 0.2) is 0 Å². The Labute approximate surface area is 149 Å². The lowest BCUT2D eigenvalue weighted by molar-refractivity contribution is -0.127. The molecule has 136 valence electrons. The number of rotatable bonds is 3. The quantitative estimate of drug-likeness (QED) is 0.812. The number of anilines is 2. The summed E-state index contributed by atoms with van der Waals surface area (Å²) in [6.45, 7) is 7.11. The van der Waals surface area contributed by atoms with Crippen molar-refractivity contribution in [3.63, 3.8) is 0 Å². The average Bonchev–Trinajstić information content (AvgIpc) is 2.95. The van der Waals surface area contributed by atoms with E-state index in [1.807, 2.05) is 11.9 Å². The fourth-order valence-corrected chi connectivity index (χ4v) is 4.14. The van der Waals surface area contributed by atoms with Crippen LogP contribution in [0, 0.1) is 5.92 Å². The molecule has 1 aromatic rings. The molecule has 3 aliphatic rings. The molecule has 0 radical (unpaired) electrons. The number of likely N-dealkylation sites (tertiary alicyclic amines) is 1. The summed E-state index contributed by atoms with van der Waals surface area (Å²) in [5, 5.41) is 0. The number of aryl methyl sites for hydroxylation is 1. The zero-order valence-corrected chi connectivity index (χ0v) is 15.1. The number of amides is 1. The van der Waals surface area contributed by atoms with E-state index in [4.69, 9.17) is 14.7 Å². The topological polar surface area (TPSA) is 61.8 Å². The molecule has 0 unspecified atom stereocenters. The monoisotopic (exact) mass is 345 g/mol. The van der Waals surface area contributed by atoms with Crippen LogP contribution in [-0.4, -0.2) is 73.3 Å². The molecule has 0 spiro atoms. The maximum absolute atomic E-state index is 12.0. The Morgan fingerprint density at radius 2 is 2.00 bits per heavy atom. The summed E-state index contributed by atoms with van der Waals surface area (Å²) in [6.07, 6.45) is 2.66. The average molecular weight is 345 g/mol. The van der Waals surface area contributed by atoms with E-state index >= 15 is 0 Å². The van der Waals surface area contributed by atoms with Gasteiger partial charge in [0, 0.05) is 51.4 Å². The highest BCUT2D eigenvalue weighted by Crippen LogP contribution is 2.33. The first kappa shape index (κ1) is 16.6. The van der Waals surface area contributed by atoms with Crippen LogP contribution >= 0.6 is 0 Å². The Morgan fingerprint density at radius 3 is 2.76 bits per heavy atom. The molecule has 0 N–H and O–H groups in total. The van der Waals surface area contributed by atoms with Gasteiger partial charge in [0.2, 0.25) is 11.9 Å². The number of ether oxygens (including phenoxy) is 1. The van der Waals surface area contributed by atoms with Crippen molar-refractivity contribution < 1.29 is 9.53 Å². The van der Waals surface area contributed by atoms with E-state index in [1.54, 1.807) is 0 Å². The Kier molecular flexibility index (Phi) is 4.50. The van der Waals surface area contributed by atoms with Gasteiger partial charge >= 0.3 is 0 Å². The van der Waals surface area contributed by atoms with E-state index in [9.17, 15) is 4.79 Å². The first-order chi connectivity index (χ1) is 12.2. The van der Waals surface area contributed by atoms with Gasteiger partial charge in [-0.2, -0.15) is 4.98 Å². The molecule has 0 aromatic carbocycles. The number of carbonyl (C=O) groups excluding carboxylic acids is 1. The number of hydrogen-bond acceptors (Lipinski definition) is 6. The Hall–Kier alpha value is -1.89. The van der Waals surface area contributed by atoms with Gasteiger partial charge in [0.1, 0.15) is 5.82 Å². The highest BCUT2D eigenvalue weighted by atomic mass is 16.5. The predicted molar refractivity (Wildman–Crippen MR) is 95.9 cm³/mol. The van der Waals surface area contributed by atoms with Gasteiger partial charge in [0.05, 0.1) is 19.3 Å². The van der Waals surface area contributed by atoms with Crippen molar-refractivity contribution in [1.82, 2.24) is 14.9 Å². The van der Waals surface area contributed by atoms with Gasteiger partial charge in [-0.3, -0.25) is 4.79 Å². The van der Waals surface area contributed by atoms with E-state index in [0.29, 0.717) is 18.4 Å². The minimum Gasteiger partial charge on any atom is -0.378 e. The van der Waals surface area contributed by atoms with Gasteiger partial charge in [-0.15, -0.1) is 0 Å². The van der Waals surface area contributed by atoms with Gasteiger partial charge in [0.25, 0.3) is 0 Å². The van der Waals surface area contributed by atoms with E-state index in [0.717, 1.165) is 69.7 Å². The zero-order chi connectivity index (χ0) is 17.4. The summed E-state index contributed by atoms with van der Waals surface area (Å²) < 4.78 is 5.45. The van der Waals surface area contributed by atoms with Crippen LogP contribution in [-0.2, 0) is 16.0 Å². The molecule has 25 heavy (non-hydrogen) atoms. The van der Waals surface area contributed by atoms with Crippen LogP contribution in [0.15, 0.2) is 6.07 Å². The number of fused-ring (bicyclic) bond motifs is 1. The van der Waals surface area contributed by atoms with Crippen LogP contribution in [0.3, 0.4) is 0 Å². The third-order valence-electron chi connectivity index (χ3n) is 5.78. The molecule has 3 aliphatic heterocycles. The van der Waals surface area contributed by atoms with Crippen LogP contribution in [0.2, 0.25) is 0 Å². The molecule has 3 saturated heterocycles. The van der Waals surface area contributed by atoms with Crippen molar-refractivity contribution in [3.8, 4) is 0 Å². The van der Waals surface area contributed by atoms with Crippen molar-refractivity contribution in [1.29, 1.82) is 0 Å². The third kappa shape index (κ3) is 3.17. The minimum absolute atomic E-state index is 0.280. The van der Waals surface area contributed by atoms with E-state index in [1.165, 1.54) is 0 Å². The highest BCUT2D eigenvalue weighted by Gasteiger charge is 2.41. The molecule has 0 saturated carbocycles. The van der Waals surface area contributed by atoms with Crippen LogP contribution < -0.4 is 9.80 Å². The number of aromatic nitrogens is 2. The molecule has 0 aliphatic carbocycles. The van der Waals surface area contributed by atoms with Crippen LogP contribution in [0.4, 0.5) is 11.8 Å². The summed E-state index contributed by atoms with van der Waals surface area (Å²) in [6, 6.07) is 2.43. The Balaban J connectivity index is 1.58. The van der Waals surface area contributed by atoms with Crippen molar-refractivity contribution in [2.24, 2.45) is 5.92 Å². The molecule has 1 amide bonds. The maximum Gasteiger partial charge on any atom is 0.227 e. The summed E-state index contributed by atoms with van der Waals surface area (Å²) in [5.41, 5.74) is 1.07. The summed E-state index contributed by atoms with van der Waals surface area (Å²) in [7, 11) is 1.94. The van der Waals surface area contributed by atoms with E-state index in [-0.39, 0.29) is 5.91 Å². The van der Waals surface area contributed by atoms with Crippen molar-refractivity contribution >= 4 is 17.7 Å². The number of morpholine rings is 1. The van der Waals surface area contributed by atoms with Crippen molar-refractivity contribution in [2.75, 3.05) is 56.2 Å². The second-order valence-corrected chi connectivity index (χ2v) is 7.24. The van der Waals surface area contributed by atoms with Gasteiger partial charge in [-0.25, -0.2) is 4.98 Å². The highest BCUT2D eigenvalue weighted by molar-refractivity contribution is 5.79. The lowest BCUT2D eigenvalue weighted by atomic mass is 9.92. The standard InChI is InChI=1S/C18H27N5O2/c1-3-14-11-16(20-18(19-14)22-6-8-25-9-7-22)23-5-4-13-10-17(24)21(2)15(13)12-23/h11,13,15H,3-10,12H2,1-2H3/t13-,15-/m1/s1. The van der Waals surface area contributed by atoms with Gasteiger partial charge in [-0.05, 0) is 18.8 Å². The van der Waals surface area contributed by atoms with Crippen LogP contribution in [0.5, 0.6) is 0 Å². The first-order valence-electron chi connectivity index (χ1n) is 9.37.